The fraction of sp³-hybridized carbons (Fsp3) is 1.00. The molecule has 4 nitrogen and oxygen atoms in total. The zero-order chi connectivity index (χ0) is 6.53. The van der Waals surface area contributed by atoms with E-state index >= 15 is 0 Å². The van der Waals surface area contributed by atoms with Gasteiger partial charge in [0.25, 0.3) is 0 Å². The molecule has 1 rings (SSSR count). The van der Waals surface area contributed by atoms with E-state index in [1.165, 1.54) is 0 Å². The van der Waals surface area contributed by atoms with Crippen LogP contribution in [0.15, 0.2) is 0 Å². The molecule has 0 aromatic rings. The molecule has 1 saturated heterocycles. The number of hydrogen-bond donors (Lipinski definition) is 2. The maximum atomic E-state index is 5.16. The molecule has 0 aromatic carbocycles. The molecule has 0 spiro atoms. The molecule has 0 amide bonds. The van der Waals surface area contributed by atoms with Crippen LogP contribution in [-0.4, -0.2) is 32.5 Å². The number of nitrogens with one attached hydrogen (secondary N) is 1. The van der Waals surface area contributed by atoms with Gasteiger partial charge in [0.2, 0.25) is 0 Å². The average molecular weight is 169 g/mol. The lowest BCUT2D eigenvalue weighted by atomic mass is 10.4. The number of nitrogens with two attached hydrogens (primary N) is 1. The normalized spacial score (nSPS) is 21.3. The topological polar surface area (TPSA) is 56.5 Å². The molecule has 62 valence electrons. The molecule has 0 bridgehead atoms. The second-order valence-corrected chi connectivity index (χ2v) is 2.01. The lowest BCUT2D eigenvalue weighted by Gasteiger charge is -2.09. The van der Waals surface area contributed by atoms with Gasteiger partial charge in [0.05, 0.1) is 32.5 Å². The fourth-order valence-electron chi connectivity index (χ4n) is 0.713. The monoisotopic (exact) mass is 168 g/mol. The summed E-state index contributed by atoms with van der Waals surface area (Å²) in [5.74, 6) is 5.16. The summed E-state index contributed by atoms with van der Waals surface area (Å²) in [5.41, 5.74) is 2.59. The lowest BCUT2D eigenvalue weighted by Crippen LogP contribution is -2.40. The standard InChI is InChI=1S/C5H12N2O2.ClH/c6-7-5-3-8-1-2-9-4-5;/h5,7H,1-4,6H2;1H. The van der Waals surface area contributed by atoms with Crippen LogP contribution < -0.4 is 11.3 Å². The van der Waals surface area contributed by atoms with E-state index in [0.717, 1.165) is 0 Å². The lowest BCUT2D eigenvalue weighted by molar-refractivity contribution is 0.103. The molecule has 0 aromatic heterocycles. The van der Waals surface area contributed by atoms with Crippen molar-refractivity contribution >= 4 is 12.4 Å². The molecule has 1 fully saturated rings. The van der Waals surface area contributed by atoms with Gasteiger partial charge in [0.15, 0.2) is 0 Å². The summed E-state index contributed by atoms with van der Waals surface area (Å²) in [7, 11) is 0. The Morgan fingerprint density at radius 1 is 1.20 bits per heavy atom. The van der Waals surface area contributed by atoms with Crippen LogP contribution in [0.1, 0.15) is 0 Å². The molecular formula is C5H13ClN2O2. The molecule has 1 heterocycles. The van der Waals surface area contributed by atoms with Gasteiger partial charge in [-0.2, -0.15) is 0 Å². The van der Waals surface area contributed by atoms with E-state index in [1.807, 2.05) is 0 Å². The largest absolute Gasteiger partial charge is 0.377 e. The van der Waals surface area contributed by atoms with Crippen LogP contribution in [0.2, 0.25) is 0 Å². The number of hydrazine groups is 1. The van der Waals surface area contributed by atoms with Gasteiger partial charge in [-0.1, -0.05) is 0 Å². The first-order valence-corrected chi connectivity index (χ1v) is 3.05. The first-order chi connectivity index (χ1) is 4.43. The molecule has 1 aliphatic rings. The molecule has 0 aliphatic carbocycles. The second kappa shape index (κ2) is 5.88. The summed E-state index contributed by atoms with van der Waals surface area (Å²) in [6.07, 6.45) is 0. The van der Waals surface area contributed by atoms with Crippen molar-refractivity contribution in [3.05, 3.63) is 0 Å². The number of ether oxygens (including phenoxy) is 2. The van der Waals surface area contributed by atoms with Gasteiger partial charge in [-0.05, 0) is 0 Å². The van der Waals surface area contributed by atoms with Crippen LogP contribution in [-0.2, 0) is 9.47 Å². The molecule has 5 heteroatoms. The van der Waals surface area contributed by atoms with Gasteiger partial charge in [0, 0.05) is 0 Å². The van der Waals surface area contributed by atoms with Crippen LogP contribution in [0.25, 0.3) is 0 Å². The number of halogens is 1. The van der Waals surface area contributed by atoms with E-state index in [0.29, 0.717) is 26.4 Å². The summed E-state index contributed by atoms with van der Waals surface area (Å²) in [6.45, 7) is 2.66. The Balaban J connectivity index is 0.000000810. The van der Waals surface area contributed by atoms with E-state index in [9.17, 15) is 0 Å². The maximum Gasteiger partial charge on any atom is 0.0701 e. The molecule has 0 atom stereocenters. The van der Waals surface area contributed by atoms with Crippen molar-refractivity contribution < 1.29 is 9.47 Å². The predicted octanol–water partition coefficient (Wildman–Crippen LogP) is -0.713. The van der Waals surface area contributed by atoms with Crippen molar-refractivity contribution in [3.8, 4) is 0 Å². The third-order valence-electron chi connectivity index (χ3n) is 1.25. The molecule has 0 unspecified atom stereocenters. The highest BCUT2D eigenvalue weighted by Gasteiger charge is 2.09. The smallest absolute Gasteiger partial charge is 0.0701 e. The molecule has 1 aliphatic heterocycles. The predicted molar refractivity (Wildman–Crippen MR) is 40.0 cm³/mol. The van der Waals surface area contributed by atoms with Gasteiger partial charge >= 0.3 is 0 Å². The van der Waals surface area contributed by atoms with E-state index < -0.39 is 0 Å². The SMILES string of the molecule is Cl.NNC1COCCOC1. The van der Waals surface area contributed by atoms with Crippen molar-refractivity contribution in [3.63, 3.8) is 0 Å². The minimum absolute atomic E-state index is 0. The van der Waals surface area contributed by atoms with Crippen molar-refractivity contribution in [2.24, 2.45) is 5.84 Å². The fourth-order valence-corrected chi connectivity index (χ4v) is 0.713. The molecule has 3 N–H and O–H groups in total. The highest BCUT2D eigenvalue weighted by Crippen LogP contribution is 1.92. The Labute approximate surface area is 66.4 Å². The van der Waals surface area contributed by atoms with Gasteiger partial charge < -0.3 is 9.47 Å². The maximum absolute atomic E-state index is 5.16. The van der Waals surface area contributed by atoms with Crippen molar-refractivity contribution in [2.75, 3.05) is 26.4 Å². The summed E-state index contributed by atoms with van der Waals surface area (Å²) in [6, 6.07) is 0.160. The zero-order valence-corrected chi connectivity index (χ0v) is 6.52. The Morgan fingerprint density at radius 2 is 1.70 bits per heavy atom. The van der Waals surface area contributed by atoms with E-state index in [1.54, 1.807) is 0 Å². The summed E-state index contributed by atoms with van der Waals surface area (Å²) in [4.78, 5) is 0. The second-order valence-electron chi connectivity index (χ2n) is 2.01. The van der Waals surface area contributed by atoms with Crippen molar-refractivity contribution in [1.29, 1.82) is 0 Å². The Morgan fingerprint density at radius 3 is 2.10 bits per heavy atom. The molecule has 0 saturated carbocycles. The third kappa shape index (κ3) is 3.34. The minimum Gasteiger partial charge on any atom is -0.377 e. The van der Waals surface area contributed by atoms with Crippen LogP contribution in [0, 0.1) is 0 Å². The molecule has 0 radical (unpaired) electrons. The van der Waals surface area contributed by atoms with E-state index in [-0.39, 0.29) is 18.4 Å². The van der Waals surface area contributed by atoms with Crippen LogP contribution in [0.4, 0.5) is 0 Å². The first kappa shape index (κ1) is 10.1. The summed E-state index contributed by atoms with van der Waals surface area (Å²) < 4.78 is 10.3. The average Bonchev–Trinajstić information content (AvgIpc) is 2.13. The number of hydrogen-bond acceptors (Lipinski definition) is 4. The Kier molecular flexibility index (Phi) is 5.96. The third-order valence-corrected chi connectivity index (χ3v) is 1.25. The zero-order valence-electron chi connectivity index (χ0n) is 5.71. The summed E-state index contributed by atoms with van der Waals surface area (Å²) in [5, 5.41) is 0. The minimum atomic E-state index is 0. The van der Waals surface area contributed by atoms with Crippen LogP contribution >= 0.6 is 12.4 Å². The van der Waals surface area contributed by atoms with Crippen LogP contribution in [0.5, 0.6) is 0 Å². The Bertz CT molecular complexity index is 76.0. The molecular weight excluding hydrogens is 156 g/mol. The van der Waals surface area contributed by atoms with Crippen molar-refractivity contribution in [1.82, 2.24) is 5.43 Å². The molecule has 10 heavy (non-hydrogen) atoms. The van der Waals surface area contributed by atoms with E-state index in [4.69, 9.17) is 15.3 Å². The number of rotatable bonds is 1. The van der Waals surface area contributed by atoms with E-state index in [2.05, 4.69) is 5.43 Å². The van der Waals surface area contributed by atoms with Crippen molar-refractivity contribution in [2.45, 2.75) is 6.04 Å². The Hall–Kier alpha value is 0.130. The van der Waals surface area contributed by atoms with Crippen LogP contribution in [0.3, 0.4) is 0 Å². The first-order valence-electron chi connectivity index (χ1n) is 3.05. The van der Waals surface area contributed by atoms with Gasteiger partial charge in [-0.3, -0.25) is 11.3 Å². The van der Waals surface area contributed by atoms with Gasteiger partial charge in [-0.15, -0.1) is 12.4 Å². The van der Waals surface area contributed by atoms with Gasteiger partial charge in [0.1, 0.15) is 0 Å². The summed E-state index contributed by atoms with van der Waals surface area (Å²) >= 11 is 0. The highest BCUT2D eigenvalue weighted by atomic mass is 35.5. The highest BCUT2D eigenvalue weighted by molar-refractivity contribution is 5.85. The van der Waals surface area contributed by atoms with Gasteiger partial charge in [-0.25, -0.2) is 0 Å². The quantitative estimate of drug-likeness (QED) is 0.401.